The molecule has 0 saturated carbocycles. The summed E-state index contributed by atoms with van der Waals surface area (Å²) in [5.74, 6) is 0.950. The van der Waals surface area contributed by atoms with Gasteiger partial charge in [0, 0.05) is 42.5 Å². The Labute approximate surface area is 157 Å². The van der Waals surface area contributed by atoms with E-state index in [9.17, 15) is 0 Å². The summed E-state index contributed by atoms with van der Waals surface area (Å²) in [5.41, 5.74) is 1.32. The van der Waals surface area contributed by atoms with Crippen molar-refractivity contribution < 1.29 is 0 Å². The summed E-state index contributed by atoms with van der Waals surface area (Å²) in [6, 6.07) is 4.83. The Balaban J connectivity index is 1.89. The Morgan fingerprint density at radius 2 is 2.12 bits per heavy atom. The maximum absolute atomic E-state index is 4.88. The summed E-state index contributed by atoms with van der Waals surface area (Å²) in [4.78, 5) is 8.76. The second-order valence-electron chi connectivity index (χ2n) is 7.71. The molecular formula is C20H34N4S. The van der Waals surface area contributed by atoms with Crippen molar-refractivity contribution in [2.24, 2.45) is 4.99 Å². The van der Waals surface area contributed by atoms with Crippen molar-refractivity contribution in [3.8, 4) is 0 Å². The second-order valence-corrected chi connectivity index (χ2v) is 8.66. The highest BCUT2D eigenvalue weighted by molar-refractivity contribution is 7.10. The van der Waals surface area contributed by atoms with Gasteiger partial charge in [-0.3, -0.25) is 9.89 Å². The van der Waals surface area contributed by atoms with Crippen LogP contribution >= 0.6 is 11.3 Å². The first kappa shape index (κ1) is 20.0. The standard InChI is InChI=1S/C20H34N4S/c1-6-21-19(22-15-20(4,5)18-8-7-13-25-18)23-17-9-11-24(12-10-17)14-16(2)3/h7-8,13,17H,2,6,9-12,14-15H2,1,3-5H3,(H2,21,22,23). The van der Waals surface area contributed by atoms with Gasteiger partial charge in [-0.05, 0) is 38.1 Å². The van der Waals surface area contributed by atoms with Crippen LogP contribution in [0.15, 0.2) is 34.7 Å². The summed E-state index contributed by atoms with van der Waals surface area (Å²) in [6.45, 7) is 17.7. The van der Waals surface area contributed by atoms with Crippen LogP contribution in [-0.2, 0) is 5.41 Å². The van der Waals surface area contributed by atoms with Crippen molar-refractivity contribution in [3.05, 3.63) is 34.5 Å². The predicted molar refractivity (Wildman–Crippen MR) is 111 cm³/mol. The molecule has 1 aromatic rings. The Morgan fingerprint density at radius 3 is 2.68 bits per heavy atom. The van der Waals surface area contributed by atoms with E-state index >= 15 is 0 Å². The highest BCUT2D eigenvalue weighted by Crippen LogP contribution is 2.27. The monoisotopic (exact) mass is 362 g/mol. The lowest BCUT2D eigenvalue weighted by molar-refractivity contribution is 0.221. The van der Waals surface area contributed by atoms with Gasteiger partial charge >= 0.3 is 0 Å². The topological polar surface area (TPSA) is 39.7 Å². The third kappa shape index (κ3) is 6.48. The summed E-state index contributed by atoms with van der Waals surface area (Å²) >= 11 is 1.81. The number of hydrogen-bond donors (Lipinski definition) is 2. The maximum Gasteiger partial charge on any atom is 0.191 e. The van der Waals surface area contributed by atoms with Crippen molar-refractivity contribution in [1.82, 2.24) is 15.5 Å². The van der Waals surface area contributed by atoms with E-state index in [1.54, 1.807) is 0 Å². The first-order valence-corrected chi connectivity index (χ1v) is 10.2. The molecule has 1 aromatic heterocycles. The molecule has 2 N–H and O–H groups in total. The second kappa shape index (κ2) is 9.39. The fourth-order valence-corrected chi connectivity index (χ4v) is 3.99. The highest BCUT2D eigenvalue weighted by atomic mass is 32.1. The lowest BCUT2D eigenvalue weighted by Gasteiger charge is -2.33. The Bertz CT molecular complexity index is 554. The van der Waals surface area contributed by atoms with Gasteiger partial charge in [0.15, 0.2) is 5.96 Å². The number of nitrogens with one attached hydrogen (secondary N) is 2. The number of rotatable bonds is 7. The average molecular weight is 363 g/mol. The van der Waals surface area contributed by atoms with E-state index in [0.717, 1.165) is 51.5 Å². The normalized spacial score (nSPS) is 17.5. The molecule has 25 heavy (non-hydrogen) atoms. The van der Waals surface area contributed by atoms with Crippen LogP contribution in [0.3, 0.4) is 0 Å². The fourth-order valence-electron chi connectivity index (χ4n) is 3.15. The molecule has 1 fully saturated rings. The van der Waals surface area contributed by atoms with Crippen LogP contribution in [-0.4, -0.2) is 49.6 Å². The van der Waals surface area contributed by atoms with Gasteiger partial charge in [-0.1, -0.05) is 32.1 Å². The molecule has 140 valence electrons. The molecule has 5 heteroatoms. The van der Waals surface area contributed by atoms with Crippen molar-refractivity contribution in [3.63, 3.8) is 0 Å². The zero-order valence-electron chi connectivity index (χ0n) is 16.3. The third-order valence-corrected chi connectivity index (χ3v) is 5.82. The first-order valence-electron chi connectivity index (χ1n) is 9.36. The van der Waals surface area contributed by atoms with Crippen LogP contribution in [0.2, 0.25) is 0 Å². The molecule has 1 aliphatic heterocycles. The van der Waals surface area contributed by atoms with E-state index in [4.69, 9.17) is 4.99 Å². The van der Waals surface area contributed by atoms with Crippen molar-refractivity contribution in [1.29, 1.82) is 0 Å². The van der Waals surface area contributed by atoms with E-state index in [0.29, 0.717) is 6.04 Å². The predicted octanol–water partition coefficient (Wildman–Crippen LogP) is 3.62. The molecule has 0 amide bonds. The number of hydrogen-bond acceptors (Lipinski definition) is 3. The van der Waals surface area contributed by atoms with Gasteiger partial charge in [-0.2, -0.15) is 0 Å². The van der Waals surface area contributed by atoms with Crippen molar-refractivity contribution in [2.75, 3.05) is 32.7 Å². The molecule has 0 spiro atoms. The van der Waals surface area contributed by atoms with Crippen LogP contribution in [0, 0.1) is 0 Å². The van der Waals surface area contributed by atoms with Gasteiger partial charge in [0.1, 0.15) is 0 Å². The van der Waals surface area contributed by atoms with Crippen LogP contribution in [0.5, 0.6) is 0 Å². The lowest BCUT2D eigenvalue weighted by atomic mass is 9.92. The molecule has 1 aliphatic rings. The fraction of sp³-hybridized carbons (Fsp3) is 0.650. The Morgan fingerprint density at radius 1 is 1.40 bits per heavy atom. The van der Waals surface area contributed by atoms with Crippen LogP contribution in [0.25, 0.3) is 0 Å². The molecule has 4 nitrogen and oxygen atoms in total. The van der Waals surface area contributed by atoms with Crippen molar-refractivity contribution in [2.45, 2.75) is 52.0 Å². The molecule has 1 saturated heterocycles. The van der Waals surface area contributed by atoms with E-state index in [1.165, 1.54) is 10.5 Å². The lowest BCUT2D eigenvalue weighted by Crippen LogP contribution is -2.49. The Hall–Kier alpha value is -1.33. The number of guanidine groups is 1. The number of piperidine rings is 1. The zero-order valence-corrected chi connectivity index (χ0v) is 17.1. The highest BCUT2D eigenvalue weighted by Gasteiger charge is 2.23. The van der Waals surface area contributed by atoms with E-state index in [-0.39, 0.29) is 5.41 Å². The number of likely N-dealkylation sites (tertiary alicyclic amines) is 1. The first-order chi connectivity index (χ1) is 11.9. The molecule has 0 aromatic carbocycles. The molecule has 0 bridgehead atoms. The minimum Gasteiger partial charge on any atom is -0.357 e. The van der Waals surface area contributed by atoms with E-state index in [2.05, 4.69) is 67.3 Å². The Kier molecular flexibility index (Phi) is 7.51. The SMILES string of the molecule is C=C(C)CN1CCC(NC(=NCC(C)(C)c2cccs2)NCC)CC1. The molecule has 2 heterocycles. The summed E-state index contributed by atoms with van der Waals surface area (Å²) < 4.78 is 0. The molecule has 0 aliphatic carbocycles. The molecular weight excluding hydrogens is 328 g/mol. The molecule has 0 unspecified atom stereocenters. The maximum atomic E-state index is 4.88. The molecule has 2 rings (SSSR count). The molecule has 0 atom stereocenters. The molecule has 0 radical (unpaired) electrons. The van der Waals surface area contributed by atoms with Crippen molar-refractivity contribution >= 4 is 17.3 Å². The van der Waals surface area contributed by atoms with Gasteiger partial charge < -0.3 is 10.6 Å². The number of thiophene rings is 1. The minimum atomic E-state index is 0.0708. The number of nitrogens with zero attached hydrogens (tertiary/aromatic N) is 2. The summed E-state index contributed by atoms with van der Waals surface area (Å²) in [7, 11) is 0. The third-order valence-electron chi connectivity index (χ3n) is 4.59. The average Bonchev–Trinajstić information content (AvgIpc) is 3.10. The van der Waals surface area contributed by atoms with Gasteiger partial charge in [-0.25, -0.2) is 0 Å². The van der Waals surface area contributed by atoms with Gasteiger partial charge in [-0.15, -0.1) is 11.3 Å². The van der Waals surface area contributed by atoms with Crippen LogP contribution < -0.4 is 10.6 Å². The zero-order chi connectivity index (χ0) is 18.3. The largest absolute Gasteiger partial charge is 0.357 e. The van der Waals surface area contributed by atoms with E-state index < -0.39 is 0 Å². The quantitative estimate of drug-likeness (QED) is 0.442. The minimum absolute atomic E-state index is 0.0708. The number of aliphatic imine (C=N–C) groups is 1. The smallest absolute Gasteiger partial charge is 0.191 e. The van der Waals surface area contributed by atoms with Gasteiger partial charge in [0.2, 0.25) is 0 Å². The van der Waals surface area contributed by atoms with Crippen LogP contribution in [0.1, 0.15) is 45.4 Å². The van der Waals surface area contributed by atoms with E-state index in [1.807, 2.05) is 11.3 Å². The van der Waals surface area contributed by atoms with Gasteiger partial charge in [0.05, 0.1) is 6.54 Å². The summed E-state index contributed by atoms with van der Waals surface area (Å²) in [6.07, 6.45) is 2.32. The van der Waals surface area contributed by atoms with Crippen LogP contribution in [0.4, 0.5) is 0 Å². The van der Waals surface area contributed by atoms with Gasteiger partial charge in [0.25, 0.3) is 0 Å². The summed E-state index contributed by atoms with van der Waals surface area (Å²) in [5, 5.41) is 9.19.